The van der Waals surface area contributed by atoms with Gasteiger partial charge in [0, 0.05) is 75.9 Å². The molecule has 2 heterocycles. The smallest absolute Gasteiger partial charge is 0.369 e. The third-order valence-electron chi connectivity index (χ3n) is 5.22. The van der Waals surface area contributed by atoms with E-state index in [1.165, 1.54) is 12.1 Å². The Morgan fingerprint density at radius 3 is 1.48 bits per heavy atom. The summed E-state index contributed by atoms with van der Waals surface area (Å²) in [6.45, 7) is 7.28. The van der Waals surface area contributed by atoms with Crippen molar-refractivity contribution < 1.29 is 18.1 Å². The molecule has 2 aromatic rings. The molecule has 168 valence electrons. The number of nitrogens with zero attached hydrogens (tertiary/aromatic N) is 3. The zero-order valence-electron chi connectivity index (χ0n) is 17.1. The molecule has 0 unspecified atom stereocenters. The van der Waals surface area contributed by atoms with Gasteiger partial charge in [-0.25, -0.2) is 0 Å². The maximum atomic E-state index is 12.3. The highest BCUT2D eigenvalue weighted by Crippen LogP contribution is 2.30. The fraction of sp³-hybridized carbons (Fsp3) is 0.429. The molecule has 0 radical (unpaired) electrons. The zero-order chi connectivity index (χ0) is 22.3. The number of hydrogen-bond donors (Lipinski definition) is 2. The fourth-order valence-corrected chi connectivity index (χ4v) is 3.49. The van der Waals surface area contributed by atoms with Crippen molar-refractivity contribution in [2.45, 2.75) is 6.18 Å². The van der Waals surface area contributed by atoms with Crippen molar-refractivity contribution in [1.29, 1.82) is 0 Å². The molecule has 0 bridgehead atoms. The normalized spacial score (nSPS) is 17.0. The zero-order valence-corrected chi connectivity index (χ0v) is 17.1. The summed E-state index contributed by atoms with van der Waals surface area (Å²) in [6.07, 6.45) is -4.25. The Hall–Kier alpha value is -2.85. The quantitative estimate of drug-likeness (QED) is 0.568. The van der Waals surface area contributed by atoms with Crippen LogP contribution in [0.2, 0.25) is 0 Å². The highest BCUT2D eigenvalue weighted by Gasteiger charge is 2.30. The summed E-state index contributed by atoms with van der Waals surface area (Å²) in [5.41, 5.74) is 1.47. The van der Waals surface area contributed by atoms with Crippen LogP contribution < -0.4 is 20.4 Å². The van der Waals surface area contributed by atoms with Crippen molar-refractivity contribution in [1.82, 2.24) is 10.6 Å². The second-order valence-corrected chi connectivity index (χ2v) is 7.29. The van der Waals surface area contributed by atoms with Gasteiger partial charge in [-0.2, -0.15) is 13.2 Å². The average Bonchev–Trinajstić information content (AvgIpc) is 2.80. The second kappa shape index (κ2) is 10.5. The summed E-state index contributed by atoms with van der Waals surface area (Å²) in [6, 6.07) is 12.1. The van der Waals surface area contributed by atoms with Crippen LogP contribution in [-0.2, 0) is 6.18 Å². The van der Waals surface area contributed by atoms with E-state index in [0.29, 0.717) is 0 Å². The van der Waals surface area contributed by atoms with Gasteiger partial charge in [0.05, 0.1) is 10.5 Å². The number of alkyl halides is 3. The van der Waals surface area contributed by atoms with E-state index in [-0.39, 0.29) is 10.6 Å². The van der Waals surface area contributed by atoms with Gasteiger partial charge in [0.25, 0.3) is 5.69 Å². The monoisotopic (exact) mass is 437 g/mol. The number of nitrogens with one attached hydrogen (secondary N) is 2. The topological polar surface area (TPSA) is 73.7 Å². The van der Waals surface area contributed by atoms with Crippen molar-refractivity contribution in [2.75, 3.05) is 62.2 Å². The molecule has 2 aliphatic rings. The van der Waals surface area contributed by atoms with Crippen LogP contribution >= 0.6 is 0 Å². The standard InChI is InChI=1S/C11H13F3N2.C10H13N3O2/c12-11(13,14)9-1-3-10(4-2-9)16-7-5-15-6-8-16;14-13(15)10-3-1-9(2-4-10)12-7-5-11-6-8-12/h1-4,15H,5-8H2;1-4,11H,5-8H2. The molecule has 2 aromatic carbocycles. The molecule has 0 spiro atoms. The number of nitro benzene ring substituents is 1. The summed E-state index contributed by atoms with van der Waals surface area (Å²) in [5, 5.41) is 16.9. The van der Waals surface area contributed by atoms with Crippen molar-refractivity contribution in [3.63, 3.8) is 0 Å². The van der Waals surface area contributed by atoms with E-state index >= 15 is 0 Å². The highest BCUT2D eigenvalue weighted by molar-refractivity contribution is 5.51. The Morgan fingerprint density at radius 2 is 1.13 bits per heavy atom. The second-order valence-electron chi connectivity index (χ2n) is 7.29. The molecule has 0 aliphatic carbocycles. The number of rotatable bonds is 3. The van der Waals surface area contributed by atoms with Crippen molar-refractivity contribution in [3.05, 3.63) is 64.2 Å². The van der Waals surface area contributed by atoms with Crippen LogP contribution in [0.25, 0.3) is 0 Å². The van der Waals surface area contributed by atoms with Crippen molar-refractivity contribution in [2.24, 2.45) is 0 Å². The summed E-state index contributed by atoms with van der Waals surface area (Å²) in [5.74, 6) is 0. The van der Waals surface area contributed by atoms with Crippen molar-refractivity contribution in [3.8, 4) is 0 Å². The number of nitro groups is 1. The lowest BCUT2D eigenvalue weighted by Crippen LogP contribution is -2.43. The molecule has 4 rings (SSSR count). The first-order valence-corrected chi connectivity index (χ1v) is 10.2. The molecule has 31 heavy (non-hydrogen) atoms. The van der Waals surface area contributed by atoms with E-state index < -0.39 is 11.7 Å². The number of piperazine rings is 2. The molecule has 10 heteroatoms. The van der Waals surface area contributed by atoms with Crippen LogP contribution in [0.15, 0.2) is 48.5 Å². The third kappa shape index (κ3) is 6.56. The minimum atomic E-state index is -4.25. The van der Waals surface area contributed by atoms with Crippen LogP contribution in [0.3, 0.4) is 0 Å². The molecule has 2 N–H and O–H groups in total. The third-order valence-corrected chi connectivity index (χ3v) is 5.22. The van der Waals surface area contributed by atoms with E-state index in [9.17, 15) is 23.3 Å². The number of halogens is 3. The van der Waals surface area contributed by atoms with Gasteiger partial charge in [0.2, 0.25) is 0 Å². The van der Waals surface area contributed by atoms with Crippen LogP contribution in [0.4, 0.5) is 30.2 Å². The number of hydrogen-bond acceptors (Lipinski definition) is 6. The lowest BCUT2D eigenvalue weighted by Gasteiger charge is -2.29. The van der Waals surface area contributed by atoms with E-state index in [1.54, 1.807) is 12.1 Å². The van der Waals surface area contributed by atoms with E-state index in [1.807, 2.05) is 12.1 Å². The Balaban J connectivity index is 0.000000176. The Labute approximate surface area is 179 Å². The summed E-state index contributed by atoms with van der Waals surface area (Å²) < 4.78 is 37.0. The van der Waals surface area contributed by atoms with Crippen molar-refractivity contribution >= 4 is 17.1 Å². The number of non-ortho nitro benzene ring substituents is 1. The lowest BCUT2D eigenvalue weighted by atomic mass is 10.2. The number of benzene rings is 2. The van der Waals surface area contributed by atoms with Crippen LogP contribution in [-0.4, -0.2) is 57.3 Å². The van der Waals surface area contributed by atoms with Gasteiger partial charge in [0.1, 0.15) is 0 Å². The lowest BCUT2D eigenvalue weighted by molar-refractivity contribution is -0.384. The summed E-state index contributed by atoms with van der Waals surface area (Å²) in [7, 11) is 0. The van der Waals surface area contributed by atoms with Gasteiger partial charge in [-0.15, -0.1) is 0 Å². The van der Waals surface area contributed by atoms with Gasteiger partial charge in [-0.1, -0.05) is 0 Å². The van der Waals surface area contributed by atoms with E-state index in [2.05, 4.69) is 20.4 Å². The van der Waals surface area contributed by atoms with Crippen LogP contribution in [0.1, 0.15) is 5.56 Å². The molecule has 7 nitrogen and oxygen atoms in total. The SMILES string of the molecule is FC(F)(F)c1ccc(N2CCNCC2)cc1.O=[N+]([O-])c1ccc(N2CCNCC2)cc1. The molecule has 2 fully saturated rings. The number of anilines is 2. The van der Waals surface area contributed by atoms with Gasteiger partial charge < -0.3 is 20.4 Å². The molecule has 0 atom stereocenters. The summed E-state index contributed by atoms with van der Waals surface area (Å²) in [4.78, 5) is 14.4. The van der Waals surface area contributed by atoms with Gasteiger partial charge >= 0.3 is 6.18 Å². The maximum Gasteiger partial charge on any atom is 0.416 e. The molecule has 0 saturated carbocycles. The molecule has 2 saturated heterocycles. The first-order valence-electron chi connectivity index (χ1n) is 10.2. The minimum absolute atomic E-state index is 0.147. The predicted octanol–water partition coefficient (Wildman–Crippen LogP) is 3.12. The van der Waals surface area contributed by atoms with Crippen LogP contribution in [0.5, 0.6) is 0 Å². The largest absolute Gasteiger partial charge is 0.416 e. The Morgan fingerprint density at radius 1 is 0.742 bits per heavy atom. The van der Waals surface area contributed by atoms with E-state index in [4.69, 9.17) is 0 Å². The Bertz CT molecular complexity index is 832. The molecule has 0 aromatic heterocycles. The van der Waals surface area contributed by atoms with Gasteiger partial charge in [-0.3, -0.25) is 10.1 Å². The fourth-order valence-electron chi connectivity index (χ4n) is 3.49. The Kier molecular flexibility index (Phi) is 7.69. The summed E-state index contributed by atoms with van der Waals surface area (Å²) >= 11 is 0. The molecular weight excluding hydrogens is 411 g/mol. The van der Waals surface area contributed by atoms with E-state index in [0.717, 1.165) is 75.9 Å². The first kappa shape index (κ1) is 22.8. The molecule has 2 aliphatic heterocycles. The first-order chi connectivity index (χ1) is 14.8. The van der Waals surface area contributed by atoms with Gasteiger partial charge in [-0.05, 0) is 36.4 Å². The molecular formula is C21H26F3N5O2. The molecule has 0 amide bonds. The van der Waals surface area contributed by atoms with Crippen LogP contribution in [0, 0.1) is 10.1 Å². The maximum absolute atomic E-state index is 12.3. The average molecular weight is 437 g/mol. The predicted molar refractivity (Wildman–Crippen MR) is 115 cm³/mol. The highest BCUT2D eigenvalue weighted by atomic mass is 19.4. The minimum Gasteiger partial charge on any atom is -0.369 e. The van der Waals surface area contributed by atoms with Gasteiger partial charge in [0.15, 0.2) is 0 Å².